The predicted octanol–water partition coefficient (Wildman–Crippen LogP) is 4.15. The van der Waals surface area contributed by atoms with Crippen LogP contribution in [0.25, 0.3) is 0 Å². The van der Waals surface area contributed by atoms with Gasteiger partial charge in [-0.2, -0.15) is 0 Å². The molecule has 2 aromatic rings. The van der Waals surface area contributed by atoms with Gasteiger partial charge < -0.3 is 4.74 Å². The third kappa shape index (κ3) is 4.30. The van der Waals surface area contributed by atoms with Crippen molar-refractivity contribution in [1.82, 2.24) is 0 Å². The van der Waals surface area contributed by atoms with Gasteiger partial charge in [-0.1, -0.05) is 18.2 Å². The molecule has 0 radical (unpaired) electrons. The van der Waals surface area contributed by atoms with E-state index in [0.29, 0.717) is 0 Å². The maximum absolute atomic E-state index is 13.4. The third-order valence-electron chi connectivity index (χ3n) is 2.72. The first-order chi connectivity index (χ1) is 9.85. The highest BCUT2D eigenvalue weighted by molar-refractivity contribution is 5.97. The number of rotatable bonds is 4. The van der Waals surface area contributed by atoms with Crippen molar-refractivity contribution < 1.29 is 27.1 Å². The van der Waals surface area contributed by atoms with Crippen LogP contribution in [0.4, 0.5) is 17.6 Å². The Balaban J connectivity index is 2.08. The Hall–Kier alpha value is -2.37. The first-order valence-corrected chi connectivity index (χ1v) is 5.97. The molecule has 0 spiro atoms. The molecule has 0 atom stereocenters. The predicted molar refractivity (Wildman–Crippen MR) is 67.6 cm³/mol. The van der Waals surface area contributed by atoms with Crippen molar-refractivity contribution in [3.63, 3.8) is 0 Å². The maximum Gasteiger partial charge on any atom is 0.573 e. The summed E-state index contributed by atoms with van der Waals surface area (Å²) >= 11 is 0. The molecular formula is C15H10F4O2. The van der Waals surface area contributed by atoms with Gasteiger partial charge in [-0.05, 0) is 35.9 Å². The summed E-state index contributed by atoms with van der Waals surface area (Å²) in [4.78, 5) is 11.9. The van der Waals surface area contributed by atoms with E-state index in [1.807, 2.05) is 0 Å². The van der Waals surface area contributed by atoms with E-state index in [0.717, 1.165) is 12.1 Å². The van der Waals surface area contributed by atoms with Gasteiger partial charge in [-0.25, -0.2) is 4.39 Å². The summed E-state index contributed by atoms with van der Waals surface area (Å²) in [5, 5.41) is 0. The number of carbonyl (C=O) groups excluding carboxylic acids is 1. The van der Waals surface area contributed by atoms with E-state index in [9.17, 15) is 22.4 Å². The first-order valence-electron chi connectivity index (χ1n) is 5.97. The topological polar surface area (TPSA) is 26.3 Å². The van der Waals surface area contributed by atoms with Gasteiger partial charge in [-0.3, -0.25) is 4.79 Å². The molecule has 6 heteroatoms. The number of halogens is 4. The molecular weight excluding hydrogens is 288 g/mol. The fraction of sp³-hybridized carbons (Fsp3) is 0.133. The summed E-state index contributed by atoms with van der Waals surface area (Å²) in [6, 6.07) is 10.3. The summed E-state index contributed by atoms with van der Waals surface area (Å²) in [6.45, 7) is 0. The molecule has 0 saturated heterocycles. The zero-order valence-corrected chi connectivity index (χ0v) is 10.7. The van der Waals surface area contributed by atoms with Crippen molar-refractivity contribution in [3.05, 3.63) is 65.5 Å². The van der Waals surface area contributed by atoms with Gasteiger partial charge in [0.2, 0.25) is 0 Å². The van der Waals surface area contributed by atoms with Crippen molar-refractivity contribution in [2.24, 2.45) is 0 Å². The Labute approximate surface area is 118 Å². The monoisotopic (exact) mass is 298 g/mol. The lowest BCUT2D eigenvalue weighted by molar-refractivity contribution is -0.274. The van der Waals surface area contributed by atoms with Crippen molar-refractivity contribution in [1.29, 1.82) is 0 Å². The molecule has 0 amide bonds. The zero-order valence-electron chi connectivity index (χ0n) is 10.7. The minimum absolute atomic E-state index is 0.161. The Bertz CT molecular complexity index is 633. The minimum atomic E-state index is -4.78. The van der Waals surface area contributed by atoms with Crippen LogP contribution in [-0.2, 0) is 6.42 Å². The lowest BCUT2D eigenvalue weighted by atomic mass is 10.0. The Morgan fingerprint density at radius 1 is 1.00 bits per heavy atom. The number of benzene rings is 2. The number of ketones is 1. The molecule has 0 saturated carbocycles. The second-order valence-corrected chi connectivity index (χ2v) is 4.26. The lowest BCUT2D eigenvalue weighted by Crippen LogP contribution is -2.17. The highest BCUT2D eigenvalue weighted by atomic mass is 19.4. The molecule has 0 aromatic heterocycles. The fourth-order valence-corrected chi connectivity index (χ4v) is 1.76. The van der Waals surface area contributed by atoms with Crippen LogP contribution in [-0.4, -0.2) is 12.1 Å². The van der Waals surface area contributed by atoms with E-state index in [2.05, 4.69) is 4.74 Å². The SMILES string of the molecule is O=C(Cc1ccccc1F)c1ccc(OC(F)(F)F)cc1. The second kappa shape index (κ2) is 5.95. The maximum atomic E-state index is 13.4. The van der Waals surface area contributed by atoms with Crippen LogP contribution < -0.4 is 4.74 Å². The summed E-state index contributed by atoms with van der Waals surface area (Å²) in [7, 11) is 0. The number of hydrogen-bond donors (Lipinski definition) is 0. The normalized spacial score (nSPS) is 11.2. The zero-order chi connectivity index (χ0) is 15.5. The Kier molecular flexibility index (Phi) is 4.26. The molecule has 0 aliphatic carbocycles. The van der Waals surface area contributed by atoms with Gasteiger partial charge in [0.05, 0.1) is 0 Å². The van der Waals surface area contributed by atoms with Gasteiger partial charge in [0.1, 0.15) is 11.6 Å². The number of Topliss-reactive ketones (excluding diaryl/α,β-unsaturated/α-hetero) is 1. The van der Waals surface area contributed by atoms with E-state index < -0.39 is 23.7 Å². The molecule has 0 fully saturated rings. The molecule has 0 aliphatic heterocycles. The molecule has 0 aliphatic rings. The van der Waals surface area contributed by atoms with E-state index in [1.54, 1.807) is 6.07 Å². The number of carbonyl (C=O) groups is 1. The quantitative estimate of drug-likeness (QED) is 0.626. The third-order valence-corrected chi connectivity index (χ3v) is 2.72. The highest BCUT2D eigenvalue weighted by Crippen LogP contribution is 2.23. The van der Waals surface area contributed by atoms with Crippen molar-refractivity contribution >= 4 is 5.78 Å². The Morgan fingerprint density at radius 2 is 1.62 bits per heavy atom. The summed E-state index contributed by atoms with van der Waals surface area (Å²) in [5.74, 6) is -1.30. The van der Waals surface area contributed by atoms with Crippen LogP contribution in [0.2, 0.25) is 0 Å². The van der Waals surface area contributed by atoms with Crippen molar-refractivity contribution in [2.75, 3.05) is 0 Å². The van der Waals surface area contributed by atoms with Crippen LogP contribution in [0.3, 0.4) is 0 Å². The van der Waals surface area contributed by atoms with E-state index in [1.165, 1.54) is 30.3 Å². The van der Waals surface area contributed by atoms with Crippen LogP contribution >= 0.6 is 0 Å². The largest absolute Gasteiger partial charge is 0.573 e. The minimum Gasteiger partial charge on any atom is -0.406 e. The van der Waals surface area contributed by atoms with Gasteiger partial charge in [0.15, 0.2) is 5.78 Å². The van der Waals surface area contributed by atoms with Crippen LogP contribution in [0, 0.1) is 5.82 Å². The molecule has 21 heavy (non-hydrogen) atoms. The first kappa shape index (κ1) is 15.0. The van der Waals surface area contributed by atoms with E-state index in [-0.39, 0.29) is 17.5 Å². The van der Waals surface area contributed by atoms with Crippen molar-refractivity contribution in [3.8, 4) is 5.75 Å². The standard InChI is InChI=1S/C15H10F4O2/c16-13-4-2-1-3-11(13)9-14(20)10-5-7-12(8-6-10)21-15(17,18)19/h1-8H,9H2. The second-order valence-electron chi connectivity index (χ2n) is 4.26. The molecule has 0 N–H and O–H groups in total. The molecule has 0 heterocycles. The number of ether oxygens (including phenoxy) is 1. The van der Waals surface area contributed by atoms with E-state index >= 15 is 0 Å². The molecule has 110 valence electrons. The number of alkyl halides is 3. The fourth-order valence-electron chi connectivity index (χ4n) is 1.76. The molecule has 2 aromatic carbocycles. The van der Waals surface area contributed by atoms with Gasteiger partial charge >= 0.3 is 6.36 Å². The Morgan fingerprint density at radius 3 is 2.19 bits per heavy atom. The summed E-state index contributed by atoms with van der Waals surface area (Å²) in [5.41, 5.74) is 0.422. The van der Waals surface area contributed by atoms with Gasteiger partial charge in [0.25, 0.3) is 0 Å². The van der Waals surface area contributed by atoms with E-state index in [4.69, 9.17) is 0 Å². The average Bonchev–Trinajstić information content (AvgIpc) is 2.40. The number of hydrogen-bond acceptors (Lipinski definition) is 2. The molecule has 2 nitrogen and oxygen atoms in total. The molecule has 0 bridgehead atoms. The highest BCUT2D eigenvalue weighted by Gasteiger charge is 2.31. The van der Waals surface area contributed by atoms with Crippen LogP contribution in [0.15, 0.2) is 48.5 Å². The van der Waals surface area contributed by atoms with Crippen molar-refractivity contribution in [2.45, 2.75) is 12.8 Å². The summed E-state index contributed by atoms with van der Waals surface area (Å²) < 4.78 is 53.1. The lowest BCUT2D eigenvalue weighted by Gasteiger charge is -2.09. The smallest absolute Gasteiger partial charge is 0.406 e. The van der Waals surface area contributed by atoms with Gasteiger partial charge in [-0.15, -0.1) is 13.2 Å². The molecule has 0 unspecified atom stereocenters. The van der Waals surface area contributed by atoms with Crippen LogP contribution in [0.5, 0.6) is 5.75 Å². The molecule has 2 rings (SSSR count). The average molecular weight is 298 g/mol. The van der Waals surface area contributed by atoms with Crippen LogP contribution in [0.1, 0.15) is 15.9 Å². The van der Waals surface area contributed by atoms with Gasteiger partial charge in [0, 0.05) is 12.0 Å². The summed E-state index contributed by atoms with van der Waals surface area (Å²) in [6.07, 6.45) is -4.94.